The lowest BCUT2D eigenvalue weighted by atomic mass is 9.69. The molecule has 7 heteroatoms. The fourth-order valence-electron chi connectivity index (χ4n) is 5.22. The Labute approximate surface area is 194 Å². The predicted octanol–water partition coefficient (Wildman–Crippen LogP) is 4.95. The summed E-state index contributed by atoms with van der Waals surface area (Å²) in [6.07, 6.45) is 0.325. The van der Waals surface area contributed by atoms with Crippen LogP contribution in [0.4, 0.5) is 5.69 Å². The van der Waals surface area contributed by atoms with Gasteiger partial charge < -0.3 is 24.4 Å². The van der Waals surface area contributed by atoms with Crippen molar-refractivity contribution in [1.82, 2.24) is 0 Å². The molecule has 0 fully saturated rings. The number of fused-ring (bicyclic) bond motifs is 2. The van der Waals surface area contributed by atoms with E-state index >= 15 is 0 Å². The van der Waals surface area contributed by atoms with Gasteiger partial charge in [0.05, 0.1) is 6.61 Å². The zero-order valence-corrected chi connectivity index (χ0v) is 20.2. The van der Waals surface area contributed by atoms with Gasteiger partial charge in [-0.3, -0.25) is 0 Å². The first-order chi connectivity index (χ1) is 15.4. The molecule has 0 saturated carbocycles. The summed E-state index contributed by atoms with van der Waals surface area (Å²) in [5, 5.41) is 21.9. The van der Waals surface area contributed by atoms with Crippen molar-refractivity contribution >= 4 is 5.69 Å². The number of hydrogen-bond acceptors (Lipinski definition) is 7. The maximum Gasteiger partial charge on any atom is 0.252 e. The third kappa shape index (κ3) is 4.20. The number of aliphatic hydroxyl groups is 2. The van der Waals surface area contributed by atoms with E-state index in [2.05, 4.69) is 32.9 Å². The Morgan fingerprint density at radius 2 is 1.52 bits per heavy atom. The van der Waals surface area contributed by atoms with Crippen molar-refractivity contribution in [2.75, 3.05) is 13.2 Å². The van der Waals surface area contributed by atoms with E-state index in [4.69, 9.17) is 19.3 Å². The summed E-state index contributed by atoms with van der Waals surface area (Å²) in [5.74, 6) is 1.29. The molecule has 178 valence electrons. The molecule has 2 aliphatic heterocycles. The van der Waals surface area contributed by atoms with Crippen LogP contribution in [0.25, 0.3) is 0 Å². The number of ether oxygens (including phenoxy) is 3. The number of aliphatic hydroxyl groups excluding tert-OH is 2. The number of rotatable bonds is 5. The minimum absolute atomic E-state index is 0.0203. The molecular weight excluding hydrogens is 422 g/mol. The van der Waals surface area contributed by atoms with E-state index in [-0.39, 0.29) is 24.0 Å². The summed E-state index contributed by atoms with van der Waals surface area (Å²) in [7, 11) is 0. The molecule has 0 aliphatic carbocycles. The van der Waals surface area contributed by atoms with Crippen molar-refractivity contribution in [3.05, 3.63) is 51.4 Å². The van der Waals surface area contributed by atoms with Gasteiger partial charge in [-0.2, -0.15) is 0 Å². The van der Waals surface area contributed by atoms with Crippen molar-refractivity contribution in [2.45, 2.75) is 77.1 Å². The second kappa shape index (κ2) is 7.99. The van der Waals surface area contributed by atoms with Gasteiger partial charge in [0.25, 0.3) is 5.79 Å². The fourth-order valence-corrected chi connectivity index (χ4v) is 5.22. The Balaban J connectivity index is 1.72. The van der Waals surface area contributed by atoms with Crippen molar-refractivity contribution < 1.29 is 24.4 Å². The number of benzene rings is 2. The van der Waals surface area contributed by atoms with Crippen molar-refractivity contribution in [3.63, 3.8) is 0 Å². The van der Waals surface area contributed by atoms with E-state index in [9.17, 15) is 10.0 Å². The predicted molar refractivity (Wildman–Crippen MR) is 126 cm³/mol. The second-order valence-electron chi connectivity index (χ2n) is 10.7. The van der Waals surface area contributed by atoms with Crippen LogP contribution in [0.15, 0.2) is 29.4 Å². The first-order valence-electron chi connectivity index (χ1n) is 11.3. The molecule has 1 spiro atoms. The van der Waals surface area contributed by atoms with E-state index < -0.39 is 11.9 Å². The van der Waals surface area contributed by atoms with Gasteiger partial charge in [-0.05, 0) is 54.4 Å². The molecule has 4 rings (SSSR count). The number of nitrogens with zero attached hydrogens (tertiary/aromatic N) is 1. The van der Waals surface area contributed by atoms with Gasteiger partial charge in [-0.25, -0.2) is 0 Å². The summed E-state index contributed by atoms with van der Waals surface area (Å²) in [6, 6.07) is 7.64. The van der Waals surface area contributed by atoms with Gasteiger partial charge in [-0.1, -0.05) is 27.7 Å². The Bertz CT molecular complexity index is 1090. The largest absolute Gasteiger partial charge is 0.491 e. The molecule has 2 heterocycles. The molecule has 0 aromatic heterocycles. The molecule has 2 aliphatic rings. The van der Waals surface area contributed by atoms with Crippen molar-refractivity contribution in [1.29, 1.82) is 0 Å². The summed E-state index contributed by atoms with van der Waals surface area (Å²) in [6.45, 7) is 12.1. The highest BCUT2D eigenvalue weighted by molar-refractivity contribution is 5.57. The van der Waals surface area contributed by atoms with Crippen LogP contribution >= 0.6 is 0 Å². The minimum Gasteiger partial charge on any atom is -0.491 e. The minimum atomic E-state index is -0.927. The zero-order valence-electron chi connectivity index (χ0n) is 20.2. The fraction of sp³-hybridized carbons (Fsp3) is 0.538. The average Bonchev–Trinajstić information content (AvgIpc) is 2.70. The van der Waals surface area contributed by atoms with E-state index in [1.165, 1.54) is 0 Å². The van der Waals surface area contributed by atoms with E-state index in [1.54, 1.807) is 0 Å². The molecule has 2 atom stereocenters. The summed E-state index contributed by atoms with van der Waals surface area (Å²) < 4.78 is 19.0. The van der Waals surface area contributed by atoms with Gasteiger partial charge in [0.1, 0.15) is 35.6 Å². The van der Waals surface area contributed by atoms with Crippen LogP contribution in [0.3, 0.4) is 0 Å². The summed E-state index contributed by atoms with van der Waals surface area (Å²) in [4.78, 5) is 11.3. The summed E-state index contributed by atoms with van der Waals surface area (Å²) in [5.41, 5.74) is 3.49. The highest BCUT2D eigenvalue weighted by Gasteiger charge is 2.53. The highest BCUT2D eigenvalue weighted by Crippen LogP contribution is 2.55. The Morgan fingerprint density at radius 1 is 0.970 bits per heavy atom. The van der Waals surface area contributed by atoms with Crippen LogP contribution in [0, 0.1) is 18.8 Å². The van der Waals surface area contributed by atoms with Crippen LogP contribution in [0.1, 0.15) is 62.8 Å². The molecule has 33 heavy (non-hydrogen) atoms. The normalized spacial score (nSPS) is 23.0. The first kappa shape index (κ1) is 23.5. The van der Waals surface area contributed by atoms with Crippen molar-refractivity contribution in [2.24, 2.45) is 5.18 Å². The molecule has 2 N–H and O–H groups in total. The SMILES string of the molecule is Cc1cc2c(cc1N=O)C(C)(C)CC1(CC(C)(C)c3cc(OCC(O)CO)c(C)cc3O1)O2. The number of nitroso groups, excluding NO2 is 1. The third-order valence-corrected chi connectivity index (χ3v) is 6.79. The number of aryl methyl sites for hydroxylation is 2. The van der Waals surface area contributed by atoms with Gasteiger partial charge >= 0.3 is 0 Å². The Hall–Kier alpha value is -2.64. The third-order valence-electron chi connectivity index (χ3n) is 6.79. The standard InChI is InChI=1S/C26H33NO6/c1-15-7-22-18(9-20(15)27-30)24(3,4)13-26(32-22)14-25(5,6)19-10-21(31-12-17(29)11-28)16(2)8-23(19)33-26/h7-10,17,28-29H,11-14H2,1-6H3. The Kier molecular flexibility index (Phi) is 5.69. The first-order valence-corrected chi connectivity index (χ1v) is 11.3. The second-order valence-corrected chi connectivity index (χ2v) is 10.7. The van der Waals surface area contributed by atoms with Crippen LogP contribution in [0.5, 0.6) is 17.2 Å². The van der Waals surface area contributed by atoms with E-state index in [1.807, 2.05) is 38.1 Å². The smallest absolute Gasteiger partial charge is 0.252 e. The molecule has 0 radical (unpaired) electrons. The molecule has 0 saturated heterocycles. The van der Waals surface area contributed by atoms with E-state index in [0.29, 0.717) is 24.3 Å². The monoisotopic (exact) mass is 455 g/mol. The van der Waals surface area contributed by atoms with Crippen molar-refractivity contribution in [3.8, 4) is 17.2 Å². The van der Waals surface area contributed by atoms with Crippen LogP contribution < -0.4 is 14.2 Å². The number of hydrogen-bond donors (Lipinski definition) is 2. The Morgan fingerprint density at radius 3 is 2.06 bits per heavy atom. The molecule has 2 aromatic rings. The van der Waals surface area contributed by atoms with Gasteiger partial charge in [0.15, 0.2) is 0 Å². The molecule has 7 nitrogen and oxygen atoms in total. The lowest BCUT2D eigenvalue weighted by Gasteiger charge is -2.51. The van der Waals surface area contributed by atoms with E-state index in [0.717, 1.165) is 33.8 Å². The zero-order chi connectivity index (χ0) is 24.2. The van der Waals surface area contributed by atoms with Gasteiger partial charge in [0, 0.05) is 34.8 Å². The molecule has 0 bridgehead atoms. The maximum atomic E-state index is 11.3. The van der Waals surface area contributed by atoms with Gasteiger partial charge in [0.2, 0.25) is 0 Å². The average molecular weight is 456 g/mol. The topological polar surface area (TPSA) is 97.6 Å². The lowest BCUT2D eigenvalue weighted by Crippen LogP contribution is -2.55. The maximum absolute atomic E-state index is 11.3. The summed E-state index contributed by atoms with van der Waals surface area (Å²) >= 11 is 0. The van der Waals surface area contributed by atoms with Crippen LogP contribution in [-0.2, 0) is 10.8 Å². The lowest BCUT2D eigenvalue weighted by molar-refractivity contribution is -0.166. The molecular formula is C26H33NO6. The quantitative estimate of drug-likeness (QED) is 0.619. The van der Waals surface area contributed by atoms with Crippen LogP contribution in [-0.4, -0.2) is 35.3 Å². The molecule has 0 amide bonds. The molecule has 2 unspecified atom stereocenters. The van der Waals surface area contributed by atoms with Crippen LogP contribution in [0.2, 0.25) is 0 Å². The van der Waals surface area contributed by atoms with Gasteiger partial charge in [-0.15, -0.1) is 4.91 Å². The molecule has 2 aromatic carbocycles. The highest BCUT2D eigenvalue weighted by atomic mass is 16.7.